The average molecular weight is 1110 g/mol. The number of allylic oxidation sites excluding steroid dienone is 8. The van der Waals surface area contributed by atoms with Gasteiger partial charge < -0.3 is 15.5 Å². The van der Waals surface area contributed by atoms with Gasteiger partial charge in [0.05, 0.1) is 18.8 Å². The molecule has 0 radical (unpaired) electrons. The first-order valence-corrected chi connectivity index (χ1v) is 36.3. The Bertz CT molecular complexity index is 1250. The van der Waals surface area contributed by atoms with Crippen molar-refractivity contribution in [2.24, 2.45) is 0 Å². The van der Waals surface area contributed by atoms with Gasteiger partial charge in [-0.3, -0.25) is 4.79 Å². The summed E-state index contributed by atoms with van der Waals surface area (Å²) >= 11 is 0. The second-order valence-electron chi connectivity index (χ2n) is 25.0. The molecule has 0 saturated heterocycles. The number of amides is 1. The van der Waals surface area contributed by atoms with Gasteiger partial charge in [0, 0.05) is 6.42 Å². The maximum Gasteiger partial charge on any atom is 0.220 e. The Kier molecular flexibility index (Phi) is 69.1. The molecule has 0 bridgehead atoms. The van der Waals surface area contributed by atoms with Crippen LogP contribution in [0.2, 0.25) is 0 Å². The second kappa shape index (κ2) is 70.6. The van der Waals surface area contributed by atoms with E-state index in [2.05, 4.69) is 67.8 Å². The van der Waals surface area contributed by atoms with Crippen molar-refractivity contribution in [3.63, 3.8) is 0 Å². The lowest BCUT2D eigenvalue weighted by Crippen LogP contribution is -2.45. The van der Waals surface area contributed by atoms with Crippen LogP contribution in [0.15, 0.2) is 48.6 Å². The number of carbonyl (C=O) groups is 1. The van der Waals surface area contributed by atoms with Gasteiger partial charge in [-0.15, -0.1) is 0 Å². The molecule has 0 fully saturated rings. The molecule has 0 rings (SSSR count). The number of carbonyl (C=O) groups excluding carboxylic acids is 1. The zero-order chi connectivity index (χ0) is 56.9. The lowest BCUT2D eigenvalue weighted by molar-refractivity contribution is -0.123. The van der Waals surface area contributed by atoms with E-state index in [1.807, 2.05) is 0 Å². The molecule has 0 spiro atoms. The maximum atomic E-state index is 12.6. The van der Waals surface area contributed by atoms with Crippen LogP contribution < -0.4 is 5.32 Å². The molecular weight excluding hydrogens is 963 g/mol. The molecule has 0 aliphatic carbocycles. The Morgan fingerprint density at radius 2 is 0.557 bits per heavy atom. The van der Waals surface area contributed by atoms with E-state index in [0.717, 1.165) is 51.4 Å². The van der Waals surface area contributed by atoms with Crippen molar-refractivity contribution in [2.75, 3.05) is 6.61 Å². The van der Waals surface area contributed by atoms with Crippen LogP contribution in [-0.2, 0) is 4.79 Å². The first kappa shape index (κ1) is 77.3. The van der Waals surface area contributed by atoms with E-state index in [4.69, 9.17) is 0 Å². The van der Waals surface area contributed by atoms with Gasteiger partial charge in [0.1, 0.15) is 0 Å². The van der Waals surface area contributed by atoms with Crippen molar-refractivity contribution in [1.29, 1.82) is 0 Å². The third-order valence-electron chi connectivity index (χ3n) is 17.1. The Labute approximate surface area is 496 Å². The molecule has 0 aromatic heterocycles. The van der Waals surface area contributed by atoms with Gasteiger partial charge in [0.2, 0.25) is 5.91 Å². The predicted molar refractivity (Wildman–Crippen MR) is 355 cm³/mol. The second-order valence-corrected chi connectivity index (χ2v) is 25.0. The Morgan fingerprint density at radius 1 is 0.316 bits per heavy atom. The highest BCUT2D eigenvalue weighted by Crippen LogP contribution is 2.20. The zero-order valence-electron chi connectivity index (χ0n) is 53.9. The average Bonchev–Trinajstić information content (AvgIpc) is 3.45. The predicted octanol–water partition coefficient (Wildman–Crippen LogP) is 24.9. The molecule has 79 heavy (non-hydrogen) atoms. The minimum atomic E-state index is -0.661. The van der Waals surface area contributed by atoms with E-state index in [1.54, 1.807) is 0 Å². The first-order valence-electron chi connectivity index (χ1n) is 36.3. The van der Waals surface area contributed by atoms with Crippen LogP contribution in [0.5, 0.6) is 0 Å². The summed E-state index contributed by atoms with van der Waals surface area (Å²) in [4.78, 5) is 12.6. The first-order chi connectivity index (χ1) is 39.2. The van der Waals surface area contributed by atoms with Crippen molar-refractivity contribution < 1.29 is 15.0 Å². The van der Waals surface area contributed by atoms with Crippen molar-refractivity contribution in [3.05, 3.63) is 48.6 Å². The topological polar surface area (TPSA) is 69.6 Å². The minimum absolute atomic E-state index is 0.0227. The van der Waals surface area contributed by atoms with Crippen LogP contribution in [-0.4, -0.2) is 34.9 Å². The monoisotopic (exact) mass is 1110 g/mol. The molecule has 0 aromatic rings. The highest BCUT2D eigenvalue weighted by atomic mass is 16.3. The lowest BCUT2D eigenvalue weighted by atomic mass is 10.0. The smallest absolute Gasteiger partial charge is 0.220 e. The molecular formula is C75H143NO3. The van der Waals surface area contributed by atoms with Crippen molar-refractivity contribution >= 4 is 5.91 Å². The van der Waals surface area contributed by atoms with E-state index in [-0.39, 0.29) is 12.5 Å². The van der Waals surface area contributed by atoms with Gasteiger partial charge in [-0.25, -0.2) is 0 Å². The Morgan fingerprint density at radius 3 is 0.835 bits per heavy atom. The van der Waals surface area contributed by atoms with Crippen LogP contribution in [0.1, 0.15) is 406 Å². The van der Waals surface area contributed by atoms with E-state index in [0.29, 0.717) is 12.8 Å². The fourth-order valence-corrected chi connectivity index (χ4v) is 11.7. The highest BCUT2D eigenvalue weighted by Gasteiger charge is 2.20. The van der Waals surface area contributed by atoms with Crippen LogP contribution in [0.25, 0.3) is 0 Å². The summed E-state index contributed by atoms with van der Waals surface area (Å²) in [6.45, 7) is 4.29. The van der Waals surface area contributed by atoms with Crippen LogP contribution in [0, 0.1) is 0 Å². The van der Waals surface area contributed by atoms with Gasteiger partial charge in [-0.05, 0) is 51.4 Å². The van der Waals surface area contributed by atoms with Gasteiger partial charge in [0.25, 0.3) is 0 Å². The molecule has 2 atom stereocenters. The number of unbranched alkanes of at least 4 members (excludes halogenated alkanes) is 53. The maximum absolute atomic E-state index is 12.6. The third-order valence-corrected chi connectivity index (χ3v) is 17.1. The molecule has 0 aliphatic heterocycles. The Hall–Kier alpha value is -1.65. The molecule has 0 aromatic carbocycles. The third kappa shape index (κ3) is 67.0. The summed E-state index contributed by atoms with van der Waals surface area (Å²) in [6, 6.07) is -0.537. The summed E-state index contributed by atoms with van der Waals surface area (Å²) in [5, 5.41) is 23.5. The van der Waals surface area contributed by atoms with E-state index in [1.165, 1.54) is 327 Å². The SMILES string of the molecule is CC/C=C\C/C=C\C/C=C\C/C=C\CCCCCCCCCCCCCCCCCCCCCCCCC(=O)NC(CO)C(O)CCCCCCCCCCCCCCCCCCCCCCCCCCCCCCCCCC. The molecule has 4 heteroatoms. The number of hydrogen-bond acceptors (Lipinski definition) is 3. The van der Waals surface area contributed by atoms with Crippen LogP contribution in [0.3, 0.4) is 0 Å². The molecule has 0 aliphatic rings. The fourth-order valence-electron chi connectivity index (χ4n) is 11.7. The summed E-state index contributed by atoms with van der Waals surface area (Å²) in [5.74, 6) is -0.0227. The normalized spacial score (nSPS) is 12.9. The molecule has 466 valence electrons. The van der Waals surface area contributed by atoms with Crippen LogP contribution in [0.4, 0.5) is 0 Å². The van der Waals surface area contributed by atoms with E-state index in [9.17, 15) is 15.0 Å². The fraction of sp³-hybridized carbons (Fsp3) is 0.880. The summed E-state index contributed by atoms with van der Waals surface area (Å²) in [7, 11) is 0. The number of rotatable bonds is 68. The number of hydrogen-bond donors (Lipinski definition) is 3. The van der Waals surface area contributed by atoms with Crippen molar-refractivity contribution in [3.8, 4) is 0 Å². The van der Waals surface area contributed by atoms with Crippen LogP contribution >= 0.6 is 0 Å². The molecule has 1 amide bonds. The zero-order valence-corrected chi connectivity index (χ0v) is 53.9. The molecule has 0 saturated carbocycles. The molecule has 0 heterocycles. The van der Waals surface area contributed by atoms with Gasteiger partial charge in [-0.2, -0.15) is 0 Å². The minimum Gasteiger partial charge on any atom is -0.394 e. The summed E-state index contributed by atoms with van der Waals surface area (Å²) in [5.41, 5.74) is 0. The number of aliphatic hydroxyl groups excluding tert-OH is 2. The van der Waals surface area contributed by atoms with Crippen molar-refractivity contribution in [2.45, 2.75) is 418 Å². The highest BCUT2D eigenvalue weighted by molar-refractivity contribution is 5.76. The van der Waals surface area contributed by atoms with Gasteiger partial charge in [0.15, 0.2) is 0 Å². The van der Waals surface area contributed by atoms with E-state index >= 15 is 0 Å². The molecule has 2 unspecified atom stereocenters. The summed E-state index contributed by atoms with van der Waals surface area (Å²) < 4.78 is 0. The Balaban J connectivity index is 3.38. The van der Waals surface area contributed by atoms with Crippen molar-refractivity contribution in [1.82, 2.24) is 5.32 Å². The quantitative estimate of drug-likeness (QED) is 0.0420. The largest absolute Gasteiger partial charge is 0.394 e. The molecule has 3 N–H and O–H groups in total. The standard InChI is InChI=1S/C75H143NO3/c1-3-5-7-9-11-13-15-17-19-21-23-25-27-29-31-33-35-37-38-39-41-43-45-47-49-51-53-55-57-59-61-63-65-67-69-71-75(79)76-73(72-77)74(78)70-68-66-64-62-60-58-56-54-52-50-48-46-44-42-40-36-34-32-30-28-26-24-22-20-18-16-14-12-10-8-6-4-2/h5,7,11,13,17,19,23,25,73-74,77-78H,3-4,6,8-10,12,14-16,18,20-22,24,26-72H2,1-2H3,(H,76,79)/b7-5-,13-11-,19-17-,25-23-. The molecule has 4 nitrogen and oxygen atoms in total. The van der Waals surface area contributed by atoms with Gasteiger partial charge in [-0.1, -0.05) is 396 Å². The number of nitrogens with one attached hydrogen (secondary N) is 1. The summed E-state index contributed by atoms with van der Waals surface area (Å²) in [6.07, 6.45) is 99.0. The van der Waals surface area contributed by atoms with Gasteiger partial charge >= 0.3 is 0 Å². The number of aliphatic hydroxyl groups is 2. The van der Waals surface area contributed by atoms with E-state index < -0.39 is 12.1 Å². The lowest BCUT2D eigenvalue weighted by Gasteiger charge is -2.22.